The van der Waals surface area contributed by atoms with Crippen LogP contribution in [-0.4, -0.2) is 14.0 Å². The number of carbonyl (C=O) groups is 1. The predicted octanol–water partition coefficient (Wildman–Crippen LogP) is 4.37. The van der Waals surface area contributed by atoms with E-state index in [1.165, 1.54) is 34.7 Å². The maximum atomic E-state index is 12.8. The van der Waals surface area contributed by atoms with E-state index in [2.05, 4.69) is 37.8 Å². The van der Waals surface area contributed by atoms with Crippen LogP contribution in [0.5, 0.6) is 0 Å². The van der Waals surface area contributed by atoms with Gasteiger partial charge >= 0.3 is 5.97 Å². The van der Waals surface area contributed by atoms with Gasteiger partial charge in [-0.3, -0.25) is 0 Å². The maximum Gasteiger partial charge on any atom is 0.339 e. The van der Waals surface area contributed by atoms with Gasteiger partial charge in [0.05, 0.1) is 13.6 Å². The fraction of sp³-hybridized carbons (Fsp3) is 0.381. The number of aryl methyl sites for hydroxylation is 1. The molecule has 0 bridgehead atoms. The first-order chi connectivity index (χ1) is 11.5. The zero-order chi connectivity index (χ0) is 16.9. The first-order valence-electron chi connectivity index (χ1n) is 8.92. The van der Waals surface area contributed by atoms with E-state index in [1.807, 2.05) is 18.2 Å². The molecule has 0 saturated heterocycles. The van der Waals surface area contributed by atoms with Crippen molar-refractivity contribution in [1.82, 2.24) is 0 Å². The molecule has 2 aromatic carbocycles. The molecule has 0 spiro atoms. The van der Waals surface area contributed by atoms with Crippen LogP contribution in [0.3, 0.4) is 0 Å². The number of benzene rings is 2. The van der Waals surface area contributed by atoms with Crippen molar-refractivity contribution in [2.24, 2.45) is 0 Å². The molecule has 0 saturated carbocycles. The van der Waals surface area contributed by atoms with E-state index in [4.69, 9.17) is 4.74 Å². The average molecular weight is 337 g/mol. The lowest BCUT2D eigenvalue weighted by Gasteiger charge is -2.27. The smallest absolute Gasteiger partial charge is 0.339 e. The standard InChI is InChI=1S/C21H24O2Si/c1-24(2,3)17-13-15-11-7-8-12-16(15)18-19(17)20(23-21(18)22)14-9-5-4-6-10-14/h4-6,9-10,13,20H,7-8,11-12H2,1-3H3. The molecule has 1 aliphatic heterocycles. The Morgan fingerprint density at radius 2 is 1.75 bits per heavy atom. The van der Waals surface area contributed by atoms with Gasteiger partial charge in [-0.05, 0) is 42.4 Å². The summed E-state index contributed by atoms with van der Waals surface area (Å²) >= 11 is 0. The predicted molar refractivity (Wildman–Crippen MR) is 99.8 cm³/mol. The number of ether oxygens (including phenoxy) is 1. The van der Waals surface area contributed by atoms with E-state index in [9.17, 15) is 4.79 Å². The van der Waals surface area contributed by atoms with Crippen molar-refractivity contribution in [2.75, 3.05) is 0 Å². The van der Waals surface area contributed by atoms with Crippen LogP contribution in [-0.2, 0) is 17.6 Å². The third kappa shape index (κ3) is 2.42. The molecule has 4 rings (SSSR count). The lowest BCUT2D eigenvalue weighted by molar-refractivity contribution is 0.0455. The minimum Gasteiger partial charge on any atom is -0.449 e. The van der Waals surface area contributed by atoms with Crippen molar-refractivity contribution in [1.29, 1.82) is 0 Å². The Hall–Kier alpha value is -1.87. The molecule has 1 heterocycles. The molecule has 0 radical (unpaired) electrons. The van der Waals surface area contributed by atoms with E-state index in [0.29, 0.717) is 0 Å². The van der Waals surface area contributed by atoms with Gasteiger partial charge in [0.15, 0.2) is 6.10 Å². The number of esters is 1. The average Bonchev–Trinajstić information content (AvgIpc) is 2.92. The first-order valence-corrected chi connectivity index (χ1v) is 12.4. The van der Waals surface area contributed by atoms with Crippen molar-refractivity contribution in [2.45, 2.75) is 51.4 Å². The highest BCUT2D eigenvalue weighted by molar-refractivity contribution is 6.89. The summed E-state index contributed by atoms with van der Waals surface area (Å²) < 4.78 is 5.90. The van der Waals surface area contributed by atoms with Crippen LogP contribution < -0.4 is 5.19 Å². The fourth-order valence-electron chi connectivity index (χ4n) is 4.14. The largest absolute Gasteiger partial charge is 0.449 e. The summed E-state index contributed by atoms with van der Waals surface area (Å²) in [6.45, 7) is 7.09. The van der Waals surface area contributed by atoms with Crippen LogP contribution in [0.2, 0.25) is 19.6 Å². The van der Waals surface area contributed by atoms with E-state index in [1.54, 1.807) is 0 Å². The molecule has 0 aromatic heterocycles. The molecule has 1 aliphatic carbocycles. The van der Waals surface area contributed by atoms with Gasteiger partial charge in [-0.15, -0.1) is 0 Å². The van der Waals surface area contributed by atoms with E-state index < -0.39 is 8.07 Å². The van der Waals surface area contributed by atoms with Crippen LogP contribution in [0.1, 0.15) is 51.6 Å². The van der Waals surface area contributed by atoms with Gasteiger partial charge in [0, 0.05) is 5.56 Å². The zero-order valence-corrected chi connectivity index (χ0v) is 15.7. The Labute approximate surface area is 144 Å². The van der Waals surface area contributed by atoms with Gasteiger partial charge in [-0.25, -0.2) is 4.79 Å². The second-order valence-corrected chi connectivity index (χ2v) is 13.0. The van der Waals surface area contributed by atoms with Gasteiger partial charge in [-0.2, -0.15) is 0 Å². The normalized spacial score (nSPS) is 19.6. The third-order valence-corrected chi connectivity index (χ3v) is 7.32. The van der Waals surface area contributed by atoms with Gasteiger partial charge < -0.3 is 4.74 Å². The van der Waals surface area contributed by atoms with Crippen molar-refractivity contribution in [3.8, 4) is 0 Å². The highest BCUT2D eigenvalue weighted by atomic mass is 28.3. The summed E-state index contributed by atoms with van der Waals surface area (Å²) in [4.78, 5) is 12.8. The molecule has 1 unspecified atom stereocenters. The molecule has 0 amide bonds. The van der Waals surface area contributed by atoms with E-state index in [0.717, 1.165) is 24.0 Å². The number of fused-ring (bicyclic) bond motifs is 3. The minimum atomic E-state index is -1.59. The Bertz CT molecular complexity index is 803. The molecule has 1 atom stereocenters. The van der Waals surface area contributed by atoms with Crippen LogP contribution in [0.25, 0.3) is 0 Å². The molecule has 24 heavy (non-hydrogen) atoms. The van der Waals surface area contributed by atoms with Gasteiger partial charge in [0.25, 0.3) is 0 Å². The molecule has 0 N–H and O–H groups in total. The van der Waals surface area contributed by atoms with Gasteiger partial charge in [-0.1, -0.05) is 61.2 Å². The zero-order valence-electron chi connectivity index (χ0n) is 14.7. The van der Waals surface area contributed by atoms with Crippen molar-refractivity contribution < 1.29 is 9.53 Å². The van der Waals surface area contributed by atoms with E-state index in [-0.39, 0.29) is 12.1 Å². The quantitative estimate of drug-likeness (QED) is 0.601. The summed E-state index contributed by atoms with van der Waals surface area (Å²) in [7, 11) is -1.59. The summed E-state index contributed by atoms with van der Waals surface area (Å²) in [5, 5.41) is 1.40. The number of carbonyl (C=O) groups excluding carboxylic acids is 1. The second kappa shape index (κ2) is 5.59. The Morgan fingerprint density at radius 3 is 2.46 bits per heavy atom. The first kappa shape index (κ1) is 15.6. The Morgan fingerprint density at radius 1 is 1.04 bits per heavy atom. The monoisotopic (exact) mass is 336 g/mol. The summed E-state index contributed by atoms with van der Waals surface area (Å²) in [6, 6.07) is 12.6. The summed E-state index contributed by atoms with van der Waals surface area (Å²) in [5.41, 5.74) is 5.81. The lowest BCUT2D eigenvalue weighted by Crippen LogP contribution is -2.42. The topological polar surface area (TPSA) is 26.3 Å². The van der Waals surface area contributed by atoms with Crippen LogP contribution in [0.4, 0.5) is 0 Å². The number of cyclic esters (lactones) is 1. The molecule has 3 heteroatoms. The highest BCUT2D eigenvalue weighted by Crippen LogP contribution is 2.40. The minimum absolute atomic E-state index is 0.114. The highest BCUT2D eigenvalue weighted by Gasteiger charge is 2.40. The SMILES string of the molecule is C[Si](C)(C)c1cc2c(c3c1C(c1ccccc1)OC3=O)CCCC2. The molecular formula is C21H24O2Si. The Balaban J connectivity index is 2.00. The Kier molecular flexibility index (Phi) is 3.64. The summed E-state index contributed by atoms with van der Waals surface area (Å²) in [5.74, 6) is -0.114. The van der Waals surface area contributed by atoms with Crippen molar-refractivity contribution in [3.05, 3.63) is 64.2 Å². The molecule has 124 valence electrons. The lowest BCUT2D eigenvalue weighted by atomic mass is 9.85. The van der Waals surface area contributed by atoms with Crippen LogP contribution >= 0.6 is 0 Å². The second-order valence-electron chi connectivity index (χ2n) is 8.00. The third-order valence-electron chi connectivity index (χ3n) is 5.29. The maximum absolute atomic E-state index is 12.8. The molecule has 2 nitrogen and oxygen atoms in total. The number of hydrogen-bond donors (Lipinski definition) is 0. The molecule has 2 aromatic rings. The van der Waals surface area contributed by atoms with Crippen LogP contribution in [0.15, 0.2) is 36.4 Å². The molecular weight excluding hydrogens is 312 g/mol. The van der Waals surface area contributed by atoms with Gasteiger partial charge in [0.1, 0.15) is 0 Å². The fourth-order valence-corrected chi connectivity index (χ4v) is 5.81. The number of hydrogen-bond acceptors (Lipinski definition) is 2. The van der Waals surface area contributed by atoms with Crippen molar-refractivity contribution in [3.63, 3.8) is 0 Å². The summed E-state index contributed by atoms with van der Waals surface area (Å²) in [6.07, 6.45) is 4.29. The van der Waals surface area contributed by atoms with Gasteiger partial charge in [0.2, 0.25) is 0 Å². The van der Waals surface area contributed by atoms with E-state index >= 15 is 0 Å². The number of rotatable bonds is 2. The van der Waals surface area contributed by atoms with Crippen LogP contribution in [0, 0.1) is 0 Å². The van der Waals surface area contributed by atoms with Crippen molar-refractivity contribution >= 4 is 19.2 Å². The molecule has 0 fully saturated rings. The molecule has 2 aliphatic rings.